The van der Waals surface area contributed by atoms with Crippen LogP contribution in [0.5, 0.6) is 0 Å². The van der Waals surface area contributed by atoms with E-state index in [0.29, 0.717) is 5.69 Å². The van der Waals surface area contributed by atoms with Gasteiger partial charge in [0.1, 0.15) is 0 Å². The van der Waals surface area contributed by atoms with E-state index in [2.05, 4.69) is 10.4 Å². The van der Waals surface area contributed by atoms with Gasteiger partial charge in [-0.2, -0.15) is 5.10 Å². The van der Waals surface area contributed by atoms with Crippen LogP contribution in [0.25, 0.3) is 5.69 Å². The lowest BCUT2D eigenvalue weighted by Crippen LogP contribution is -2.25. The fourth-order valence-electron chi connectivity index (χ4n) is 2.12. The maximum Gasteiger partial charge on any atom is 0.280 e. The van der Waals surface area contributed by atoms with Gasteiger partial charge in [-0.15, -0.1) is 0 Å². The SMILES string of the molecule is Cc1ccc(NC(=O)c2nn(-c3ccccc3)ccc2=O)cc1. The Morgan fingerprint density at radius 1 is 1.00 bits per heavy atom. The Kier molecular flexibility index (Phi) is 4.01. The molecule has 5 nitrogen and oxygen atoms in total. The molecular formula is C18H15N3O2. The number of anilines is 1. The lowest BCUT2D eigenvalue weighted by Gasteiger charge is -2.08. The van der Waals surface area contributed by atoms with Crippen molar-refractivity contribution in [1.29, 1.82) is 0 Å². The van der Waals surface area contributed by atoms with E-state index in [0.717, 1.165) is 11.3 Å². The smallest absolute Gasteiger partial charge is 0.280 e. The first-order chi connectivity index (χ1) is 11.1. The van der Waals surface area contributed by atoms with Crippen molar-refractivity contribution < 1.29 is 4.79 Å². The molecule has 2 aromatic carbocycles. The number of para-hydroxylation sites is 1. The molecule has 114 valence electrons. The summed E-state index contributed by atoms with van der Waals surface area (Å²) in [5.41, 5.74) is 1.93. The number of amides is 1. The van der Waals surface area contributed by atoms with Crippen molar-refractivity contribution in [2.45, 2.75) is 6.92 Å². The summed E-state index contributed by atoms with van der Waals surface area (Å²) in [6, 6.07) is 18.0. The lowest BCUT2D eigenvalue weighted by molar-refractivity contribution is 0.101. The van der Waals surface area contributed by atoms with Gasteiger partial charge in [0.25, 0.3) is 5.91 Å². The van der Waals surface area contributed by atoms with E-state index in [-0.39, 0.29) is 5.69 Å². The third-order valence-corrected chi connectivity index (χ3v) is 3.35. The molecule has 3 rings (SSSR count). The van der Waals surface area contributed by atoms with Crippen molar-refractivity contribution >= 4 is 11.6 Å². The fraction of sp³-hybridized carbons (Fsp3) is 0.0556. The molecule has 0 saturated heterocycles. The molecule has 0 aliphatic carbocycles. The number of aromatic nitrogens is 2. The van der Waals surface area contributed by atoms with E-state index in [9.17, 15) is 9.59 Å². The molecule has 0 atom stereocenters. The largest absolute Gasteiger partial charge is 0.320 e. The van der Waals surface area contributed by atoms with Crippen LogP contribution in [0.3, 0.4) is 0 Å². The zero-order valence-electron chi connectivity index (χ0n) is 12.6. The molecule has 0 aliphatic rings. The first-order valence-electron chi connectivity index (χ1n) is 7.17. The van der Waals surface area contributed by atoms with Gasteiger partial charge in [-0.05, 0) is 31.2 Å². The van der Waals surface area contributed by atoms with Gasteiger partial charge < -0.3 is 5.32 Å². The summed E-state index contributed by atoms with van der Waals surface area (Å²) < 4.78 is 1.51. The summed E-state index contributed by atoms with van der Waals surface area (Å²) in [4.78, 5) is 24.3. The quantitative estimate of drug-likeness (QED) is 0.809. The molecule has 5 heteroatoms. The number of aryl methyl sites for hydroxylation is 1. The number of hydrogen-bond acceptors (Lipinski definition) is 3. The molecule has 23 heavy (non-hydrogen) atoms. The Balaban J connectivity index is 1.91. The highest BCUT2D eigenvalue weighted by Crippen LogP contribution is 2.10. The Labute approximate surface area is 133 Å². The zero-order valence-corrected chi connectivity index (χ0v) is 12.6. The minimum atomic E-state index is -0.524. The van der Waals surface area contributed by atoms with Crippen molar-refractivity contribution in [2.75, 3.05) is 5.32 Å². The van der Waals surface area contributed by atoms with Crippen LogP contribution in [0.2, 0.25) is 0 Å². The van der Waals surface area contributed by atoms with Gasteiger partial charge in [0, 0.05) is 18.0 Å². The average molecular weight is 305 g/mol. The normalized spacial score (nSPS) is 10.3. The van der Waals surface area contributed by atoms with Crippen LogP contribution in [-0.4, -0.2) is 15.7 Å². The molecule has 3 aromatic rings. The van der Waals surface area contributed by atoms with Crippen molar-refractivity contribution in [3.05, 3.63) is 88.3 Å². The summed E-state index contributed by atoms with van der Waals surface area (Å²) in [7, 11) is 0. The van der Waals surface area contributed by atoms with E-state index in [1.165, 1.54) is 10.7 Å². The maximum absolute atomic E-state index is 12.3. The molecule has 1 heterocycles. The zero-order chi connectivity index (χ0) is 16.2. The van der Waals surface area contributed by atoms with Gasteiger partial charge in [0.15, 0.2) is 5.69 Å². The second-order valence-corrected chi connectivity index (χ2v) is 5.13. The van der Waals surface area contributed by atoms with Crippen molar-refractivity contribution in [3.63, 3.8) is 0 Å². The molecule has 0 saturated carbocycles. The first-order valence-corrected chi connectivity index (χ1v) is 7.17. The predicted molar refractivity (Wildman–Crippen MR) is 89.0 cm³/mol. The molecule has 1 aromatic heterocycles. The summed E-state index contributed by atoms with van der Waals surface area (Å²) in [5, 5.41) is 6.84. The Bertz CT molecular complexity index is 884. The molecule has 0 bridgehead atoms. The van der Waals surface area contributed by atoms with Gasteiger partial charge in [-0.1, -0.05) is 35.9 Å². The number of benzene rings is 2. The van der Waals surface area contributed by atoms with E-state index in [1.54, 1.807) is 18.3 Å². The highest BCUT2D eigenvalue weighted by Gasteiger charge is 2.13. The van der Waals surface area contributed by atoms with Crippen LogP contribution in [-0.2, 0) is 0 Å². The van der Waals surface area contributed by atoms with Crippen LogP contribution in [0.4, 0.5) is 5.69 Å². The Morgan fingerprint density at radius 2 is 1.70 bits per heavy atom. The monoisotopic (exact) mass is 305 g/mol. The van der Waals surface area contributed by atoms with Crippen LogP contribution in [0, 0.1) is 6.92 Å². The molecule has 1 N–H and O–H groups in total. The third-order valence-electron chi connectivity index (χ3n) is 3.35. The minimum Gasteiger partial charge on any atom is -0.320 e. The van der Waals surface area contributed by atoms with Crippen molar-refractivity contribution in [1.82, 2.24) is 9.78 Å². The van der Waals surface area contributed by atoms with E-state index in [4.69, 9.17) is 0 Å². The molecular weight excluding hydrogens is 290 g/mol. The highest BCUT2D eigenvalue weighted by atomic mass is 16.2. The topological polar surface area (TPSA) is 64.0 Å². The number of carbonyl (C=O) groups is 1. The Morgan fingerprint density at radius 3 is 2.39 bits per heavy atom. The minimum absolute atomic E-state index is 0.142. The molecule has 1 amide bonds. The van der Waals surface area contributed by atoms with Gasteiger partial charge in [-0.25, -0.2) is 4.68 Å². The van der Waals surface area contributed by atoms with Crippen LogP contribution in [0.1, 0.15) is 16.1 Å². The summed E-state index contributed by atoms with van der Waals surface area (Å²) in [5.74, 6) is -0.524. The standard InChI is InChI=1S/C18H15N3O2/c1-13-7-9-14(10-8-13)19-18(23)17-16(22)11-12-21(20-17)15-5-3-2-4-6-15/h2-12H,1H3,(H,19,23). The molecule has 0 spiro atoms. The third kappa shape index (κ3) is 3.35. The molecule has 0 unspecified atom stereocenters. The lowest BCUT2D eigenvalue weighted by atomic mass is 10.2. The summed E-state index contributed by atoms with van der Waals surface area (Å²) in [6.45, 7) is 1.96. The molecule has 0 fully saturated rings. The second kappa shape index (κ2) is 6.27. The van der Waals surface area contributed by atoms with Crippen molar-refractivity contribution in [3.8, 4) is 5.69 Å². The predicted octanol–water partition coefficient (Wildman–Crippen LogP) is 2.79. The summed E-state index contributed by atoms with van der Waals surface area (Å²) >= 11 is 0. The van der Waals surface area contributed by atoms with Crippen LogP contribution in [0.15, 0.2) is 71.7 Å². The second-order valence-electron chi connectivity index (χ2n) is 5.13. The average Bonchev–Trinajstić information content (AvgIpc) is 2.58. The first kappa shape index (κ1) is 14.7. The highest BCUT2D eigenvalue weighted by molar-refractivity contribution is 6.02. The van der Waals surface area contributed by atoms with Gasteiger partial charge >= 0.3 is 0 Å². The van der Waals surface area contributed by atoms with Crippen LogP contribution >= 0.6 is 0 Å². The number of nitrogens with zero attached hydrogens (tertiary/aromatic N) is 2. The Hall–Kier alpha value is -3.21. The van der Waals surface area contributed by atoms with Crippen molar-refractivity contribution in [2.24, 2.45) is 0 Å². The van der Waals surface area contributed by atoms with Gasteiger partial charge in [0.2, 0.25) is 5.43 Å². The van der Waals surface area contributed by atoms with E-state index >= 15 is 0 Å². The number of nitrogens with one attached hydrogen (secondary N) is 1. The fourth-order valence-corrected chi connectivity index (χ4v) is 2.12. The number of rotatable bonds is 3. The number of hydrogen-bond donors (Lipinski definition) is 1. The molecule has 0 radical (unpaired) electrons. The van der Waals surface area contributed by atoms with Gasteiger partial charge in [0.05, 0.1) is 5.69 Å². The van der Waals surface area contributed by atoms with E-state index < -0.39 is 11.3 Å². The van der Waals surface area contributed by atoms with Gasteiger partial charge in [-0.3, -0.25) is 9.59 Å². The summed E-state index contributed by atoms with van der Waals surface area (Å²) in [6.07, 6.45) is 1.54. The molecule has 0 aliphatic heterocycles. The maximum atomic E-state index is 12.3. The van der Waals surface area contributed by atoms with E-state index in [1.807, 2.05) is 49.4 Å². The van der Waals surface area contributed by atoms with Crippen LogP contribution < -0.4 is 10.7 Å². The number of carbonyl (C=O) groups excluding carboxylic acids is 1.